The van der Waals surface area contributed by atoms with E-state index in [9.17, 15) is 9.90 Å². The summed E-state index contributed by atoms with van der Waals surface area (Å²) in [4.78, 5) is 11.0. The average molecular weight is 196 g/mol. The molecule has 0 aliphatic heterocycles. The second kappa shape index (κ2) is 3.24. The zero-order chi connectivity index (χ0) is 9.31. The number of thiophene rings is 1. The van der Waals surface area contributed by atoms with Crippen LogP contribution in [0.25, 0.3) is 0 Å². The van der Waals surface area contributed by atoms with Crippen LogP contribution >= 0.6 is 11.3 Å². The fourth-order valence-corrected chi connectivity index (χ4v) is 2.51. The lowest BCUT2D eigenvalue weighted by atomic mass is 9.80. The van der Waals surface area contributed by atoms with Crippen LogP contribution in [0.2, 0.25) is 0 Å². The topological polar surface area (TPSA) is 37.3 Å². The third-order valence-electron chi connectivity index (χ3n) is 2.69. The van der Waals surface area contributed by atoms with E-state index in [-0.39, 0.29) is 5.78 Å². The number of hydrogen-bond acceptors (Lipinski definition) is 3. The molecule has 0 saturated heterocycles. The minimum Gasteiger partial charge on any atom is -0.385 e. The van der Waals surface area contributed by atoms with E-state index in [1.807, 2.05) is 16.8 Å². The molecule has 0 spiro atoms. The third kappa shape index (κ3) is 1.67. The van der Waals surface area contributed by atoms with Crippen LogP contribution in [0.1, 0.15) is 31.2 Å². The number of rotatable bonds is 1. The quantitative estimate of drug-likeness (QED) is 0.746. The maximum absolute atomic E-state index is 11.0. The zero-order valence-corrected chi connectivity index (χ0v) is 8.14. The van der Waals surface area contributed by atoms with Gasteiger partial charge < -0.3 is 5.11 Å². The fourth-order valence-electron chi connectivity index (χ4n) is 1.76. The first-order valence-electron chi connectivity index (χ1n) is 4.47. The SMILES string of the molecule is O=C1CCC(O)(c2ccsc2)CC1. The Hall–Kier alpha value is -0.670. The van der Waals surface area contributed by atoms with Gasteiger partial charge in [0.2, 0.25) is 0 Å². The molecule has 70 valence electrons. The van der Waals surface area contributed by atoms with Crippen LogP contribution in [-0.4, -0.2) is 10.9 Å². The van der Waals surface area contributed by atoms with E-state index in [0.717, 1.165) is 5.56 Å². The molecule has 3 heteroatoms. The lowest BCUT2D eigenvalue weighted by Crippen LogP contribution is -2.30. The number of carbonyl (C=O) groups is 1. The minimum atomic E-state index is -0.728. The van der Waals surface area contributed by atoms with E-state index < -0.39 is 5.60 Å². The molecule has 2 nitrogen and oxygen atoms in total. The summed E-state index contributed by atoms with van der Waals surface area (Å²) in [6.07, 6.45) is 2.21. The third-order valence-corrected chi connectivity index (χ3v) is 3.38. The molecule has 0 bridgehead atoms. The van der Waals surface area contributed by atoms with Gasteiger partial charge in [-0.2, -0.15) is 11.3 Å². The van der Waals surface area contributed by atoms with E-state index >= 15 is 0 Å². The van der Waals surface area contributed by atoms with Crippen molar-refractivity contribution < 1.29 is 9.90 Å². The zero-order valence-electron chi connectivity index (χ0n) is 7.32. The van der Waals surface area contributed by atoms with Crippen LogP contribution in [0, 0.1) is 0 Å². The van der Waals surface area contributed by atoms with E-state index in [2.05, 4.69) is 0 Å². The molecule has 0 aromatic carbocycles. The molecule has 1 fully saturated rings. The molecule has 1 N–H and O–H groups in total. The highest BCUT2D eigenvalue weighted by Gasteiger charge is 2.34. The molecular formula is C10H12O2S. The van der Waals surface area contributed by atoms with Gasteiger partial charge in [-0.05, 0) is 35.2 Å². The fraction of sp³-hybridized carbons (Fsp3) is 0.500. The second-order valence-corrected chi connectivity index (χ2v) is 4.36. The molecule has 1 aliphatic carbocycles. The highest BCUT2D eigenvalue weighted by molar-refractivity contribution is 7.08. The van der Waals surface area contributed by atoms with E-state index in [4.69, 9.17) is 0 Å². The normalized spacial score (nSPS) is 21.8. The Kier molecular flexibility index (Phi) is 2.22. The summed E-state index contributed by atoms with van der Waals surface area (Å²) in [6.45, 7) is 0. The predicted molar refractivity (Wildman–Crippen MR) is 51.7 cm³/mol. The van der Waals surface area contributed by atoms with Gasteiger partial charge in [-0.15, -0.1) is 0 Å². The molecule has 13 heavy (non-hydrogen) atoms. The van der Waals surface area contributed by atoms with E-state index in [0.29, 0.717) is 25.7 Å². The Labute approximate surface area is 81.2 Å². The van der Waals surface area contributed by atoms with Crippen molar-refractivity contribution in [2.24, 2.45) is 0 Å². The Morgan fingerprint density at radius 3 is 2.62 bits per heavy atom. The smallest absolute Gasteiger partial charge is 0.133 e. The summed E-state index contributed by atoms with van der Waals surface area (Å²) < 4.78 is 0. The van der Waals surface area contributed by atoms with Gasteiger partial charge in [0, 0.05) is 12.8 Å². The molecule has 1 aromatic heterocycles. The summed E-state index contributed by atoms with van der Waals surface area (Å²) in [6, 6.07) is 1.94. The number of hydrogen-bond donors (Lipinski definition) is 1. The van der Waals surface area contributed by atoms with Crippen molar-refractivity contribution in [3.63, 3.8) is 0 Å². The molecule has 2 rings (SSSR count). The Morgan fingerprint density at radius 2 is 2.08 bits per heavy atom. The molecule has 0 atom stereocenters. The molecule has 0 radical (unpaired) electrons. The van der Waals surface area contributed by atoms with Crippen LogP contribution in [0.4, 0.5) is 0 Å². The Bertz CT molecular complexity index is 293. The van der Waals surface area contributed by atoms with Gasteiger partial charge in [-0.3, -0.25) is 4.79 Å². The van der Waals surface area contributed by atoms with Crippen molar-refractivity contribution in [1.29, 1.82) is 0 Å². The van der Waals surface area contributed by atoms with Crippen LogP contribution in [0.15, 0.2) is 16.8 Å². The number of Topliss-reactive ketones (excluding diaryl/α,β-unsaturated/α-hetero) is 1. The average Bonchev–Trinajstić information content (AvgIpc) is 2.63. The van der Waals surface area contributed by atoms with Gasteiger partial charge in [0.25, 0.3) is 0 Å². The molecule has 1 saturated carbocycles. The molecule has 0 amide bonds. The lowest BCUT2D eigenvalue weighted by Gasteiger charge is -2.30. The largest absolute Gasteiger partial charge is 0.385 e. The van der Waals surface area contributed by atoms with Crippen LogP contribution in [-0.2, 0) is 10.4 Å². The van der Waals surface area contributed by atoms with Gasteiger partial charge in [0.05, 0.1) is 5.60 Å². The summed E-state index contributed by atoms with van der Waals surface area (Å²) >= 11 is 1.59. The van der Waals surface area contributed by atoms with Crippen LogP contribution in [0.3, 0.4) is 0 Å². The first-order valence-corrected chi connectivity index (χ1v) is 5.42. The van der Waals surface area contributed by atoms with Crippen LogP contribution < -0.4 is 0 Å². The van der Waals surface area contributed by atoms with Crippen molar-refractivity contribution in [3.8, 4) is 0 Å². The van der Waals surface area contributed by atoms with Crippen molar-refractivity contribution in [2.45, 2.75) is 31.3 Å². The molecular weight excluding hydrogens is 184 g/mol. The second-order valence-electron chi connectivity index (χ2n) is 3.58. The van der Waals surface area contributed by atoms with Gasteiger partial charge in [0.15, 0.2) is 0 Å². The van der Waals surface area contributed by atoms with Crippen molar-refractivity contribution in [2.75, 3.05) is 0 Å². The maximum atomic E-state index is 11.0. The predicted octanol–water partition coefficient (Wildman–Crippen LogP) is 2.08. The highest BCUT2D eigenvalue weighted by atomic mass is 32.1. The minimum absolute atomic E-state index is 0.278. The van der Waals surface area contributed by atoms with Gasteiger partial charge in [0.1, 0.15) is 5.78 Å². The van der Waals surface area contributed by atoms with Crippen molar-refractivity contribution >= 4 is 17.1 Å². The standard InChI is InChI=1S/C10H12O2S/c11-9-1-4-10(12,5-2-9)8-3-6-13-7-8/h3,6-7,12H,1-2,4-5H2. The van der Waals surface area contributed by atoms with E-state index in [1.54, 1.807) is 11.3 Å². The highest BCUT2D eigenvalue weighted by Crippen LogP contribution is 2.36. The van der Waals surface area contributed by atoms with E-state index in [1.165, 1.54) is 0 Å². The molecule has 1 aliphatic rings. The lowest BCUT2D eigenvalue weighted by molar-refractivity contribution is -0.125. The van der Waals surface area contributed by atoms with Gasteiger partial charge in [-0.25, -0.2) is 0 Å². The maximum Gasteiger partial charge on any atom is 0.133 e. The number of aliphatic hydroxyl groups is 1. The first-order chi connectivity index (χ1) is 6.21. The first kappa shape index (κ1) is 8.91. The summed E-state index contributed by atoms with van der Waals surface area (Å²) in [7, 11) is 0. The summed E-state index contributed by atoms with van der Waals surface area (Å²) in [5.74, 6) is 0.278. The number of carbonyl (C=O) groups excluding carboxylic acids is 1. The summed E-state index contributed by atoms with van der Waals surface area (Å²) in [5.41, 5.74) is 0.249. The van der Waals surface area contributed by atoms with Crippen molar-refractivity contribution in [1.82, 2.24) is 0 Å². The number of ketones is 1. The molecule has 1 heterocycles. The van der Waals surface area contributed by atoms with Crippen LogP contribution in [0.5, 0.6) is 0 Å². The Balaban J connectivity index is 2.18. The van der Waals surface area contributed by atoms with Crippen molar-refractivity contribution in [3.05, 3.63) is 22.4 Å². The summed E-state index contributed by atoms with van der Waals surface area (Å²) in [5, 5.41) is 14.1. The Morgan fingerprint density at radius 1 is 1.38 bits per heavy atom. The molecule has 0 unspecified atom stereocenters. The molecule has 1 aromatic rings. The monoisotopic (exact) mass is 196 g/mol. The van der Waals surface area contributed by atoms with Gasteiger partial charge in [-0.1, -0.05) is 0 Å². The van der Waals surface area contributed by atoms with Gasteiger partial charge >= 0.3 is 0 Å².